The second-order valence-electron chi connectivity index (χ2n) is 6.90. The number of hydrogen-bond donors (Lipinski definition) is 2. The molecule has 3 rings (SSSR count). The van der Waals surface area contributed by atoms with Crippen molar-refractivity contribution >= 4 is 11.6 Å². The summed E-state index contributed by atoms with van der Waals surface area (Å²) in [7, 11) is 1.63. The molecule has 1 saturated carbocycles. The Morgan fingerprint density at radius 2 is 2.08 bits per heavy atom. The number of hydrogen-bond acceptors (Lipinski definition) is 4. The Kier molecular flexibility index (Phi) is 5.61. The highest BCUT2D eigenvalue weighted by Gasteiger charge is 2.38. The average molecular weight is 332 g/mol. The number of carbonyl (C=O) groups excluding carboxylic acids is 1. The first kappa shape index (κ1) is 17.1. The summed E-state index contributed by atoms with van der Waals surface area (Å²) in [6, 6.07) is 7.86. The summed E-state index contributed by atoms with van der Waals surface area (Å²) in [6.45, 7) is 1.01. The van der Waals surface area contributed by atoms with Crippen LogP contribution in [0.1, 0.15) is 44.9 Å². The molecule has 132 valence electrons. The van der Waals surface area contributed by atoms with E-state index in [9.17, 15) is 4.79 Å². The van der Waals surface area contributed by atoms with E-state index in [4.69, 9.17) is 9.47 Å². The van der Waals surface area contributed by atoms with Gasteiger partial charge >= 0.3 is 0 Å². The van der Waals surface area contributed by atoms with Crippen LogP contribution in [0.25, 0.3) is 0 Å². The van der Waals surface area contributed by atoms with Crippen molar-refractivity contribution < 1.29 is 14.3 Å². The van der Waals surface area contributed by atoms with Gasteiger partial charge in [-0.15, -0.1) is 0 Å². The molecule has 5 nitrogen and oxygen atoms in total. The van der Waals surface area contributed by atoms with Crippen LogP contribution in [0.15, 0.2) is 24.3 Å². The molecule has 24 heavy (non-hydrogen) atoms. The summed E-state index contributed by atoms with van der Waals surface area (Å²) < 4.78 is 11.4. The summed E-state index contributed by atoms with van der Waals surface area (Å²) in [4.78, 5) is 12.3. The van der Waals surface area contributed by atoms with Gasteiger partial charge in [0.05, 0.1) is 24.9 Å². The van der Waals surface area contributed by atoms with Crippen LogP contribution in [0.3, 0.4) is 0 Å². The Balaban J connectivity index is 1.49. The maximum absolute atomic E-state index is 12.3. The normalized spacial score (nSPS) is 22.8. The number of methoxy groups -OCH3 is 1. The molecule has 1 amide bonds. The summed E-state index contributed by atoms with van der Waals surface area (Å²) in [5.41, 5.74) is 0.857. The monoisotopic (exact) mass is 332 g/mol. The van der Waals surface area contributed by atoms with Gasteiger partial charge in [0.25, 0.3) is 0 Å². The molecule has 0 unspecified atom stereocenters. The zero-order valence-electron chi connectivity index (χ0n) is 14.5. The van der Waals surface area contributed by atoms with E-state index in [1.54, 1.807) is 7.11 Å². The summed E-state index contributed by atoms with van der Waals surface area (Å²) in [5, 5.41) is 6.33. The van der Waals surface area contributed by atoms with E-state index in [2.05, 4.69) is 10.6 Å². The second-order valence-corrected chi connectivity index (χ2v) is 6.90. The second kappa shape index (κ2) is 7.88. The quantitative estimate of drug-likeness (QED) is 0.870. The molecule has 1 aliphatic heterocycles. The molecular formula is C19H28N2O3. The molecule has 1 aromatic carbocycles. The molecule has 1 heterocycles. The highest BCUT2D eigenvalue weighted by Crippen LogP contribution is 2.38. The zero-order valence-corrected chi connectivity index (χ0v) is 14.5. The highest BCUT2D eigenvalue weighted by molar-refractivity contribution is 5.81. The van der Waals surface area contributed by atoms with Crippen LogP contribution in [-0.4, -0.2) is 37.8 Å². The predicted octanol–water partition coefficient (Wildman–Crippen LogP) is 3.11. The first-order chi connectivity index (χ1) is 11.7. The maximum Gasteiger partial charge on any atom is 0.239 e. The average Bonchev–Trinajstić information content (AvgIpc) is 2.61. The number of amides is 1. The van der Waals surface area contributed by atoms with E-state index in [-0.39, 0.29) is 24.1 Å². The van der Waals surface area contributed by atoms with Gasteiger partial charge in [0.1, 0.15) is 5.75 Å². The molecule has 1 saturated heterocycles. The Morgan fingerprint density at radius 1 is 1.29 bits per heavy atom. The largest absolute Gasteiger partial charge is 0.495 e. The molecule has 0 bridgehead atoms. The molecule has 2 aliphatic rings. The van der Waals surface area contributed by atoms with Gasteiger partial charge in [0.2, 0.25) is 5.91 Å². The van der Waals surface area contributed by atoms with Crippen molar-refractivity contribution in [2.75, 3.05) is 25.6 Å². The number of nitrogens with one attached hydrogen (secondary N) is 2. The van der Waals surface area contributed by atoms with Crippen LogP contribution >= 0.6 is 0 Å². The molecule has 1 aromatic rings. The van der Waals surface area contributed by atoms with Crippen LogP contribution in [0.4, 0.5) is 5.69 Å². The number of ether oxygens (including phenoxy) is 2. The van der Waals surface area contributed by atoms with E-state index < -0.39 is 0 Å². The van der Waals surface area contributed by atoms with Crippen LogP contribution in [0, 0.1) is 0 Å². The third-order valence-corrected chi connectivity index (χ3v) is 5.17. The zero-order chi connectivity index (χ0) is 16.8. The van der Waals surface area contributed by atoms with Crippen LogP contribution in [0.5, 0.6) is 5.75 Å². The predicted molar refractivity (Wildman–Crippen MR) is 94.4 cm³/mol. The van der Waals surface area contributed by atoms with Crippen molar-refractivity contribution in [3.8, 4) is 5.75 Å². The van der Waals surface area contributed by atoms with Crippen molar-refractivity contribution in [2.45, 2.75) is 56.6 Å². The fourth-order valence-electron chi connectivity index (χ4n) is 3.94. The van der Waals surface area contributed by atoms with Gasteiger partial charge in [-0.2, -0.15) is 0 Å². The van der Waals surface area contributed by atoms with Crippen LogP contribution < -0.4 is 15.4 Å². The minimum atomic E-state index is 0.0184. The number of para-hydroxylation sites is 2. The van der Waals surface area contributed by atoms with Gasteiger partial charge in [-0.05, 0) is 37.8 Å². The van der Waals surface area contributed by atoms with Crippen LogP contribution in [-0.2, 0) is 9.53 Å². The Morgan fingerprint density at radius 3 is 2.88 bits per heavy atom. The fourth-order valence-corrected chi connectivity index (χ4v) is 3.94. The molecule has 1 spiro atoms. The van der Waals surface area contributed by atoms with Crippen molar-refractivity contribution in [3.05, 3.63) is 24.3 Å². The van der Waals surface area contributed by atoms with Gasteiger partial charge in [-0.1, -0.05) is 31.4 Å². The smallest absolute Gasteiger partial charge is 0.239 e. The molecule has 2 N–H and O–H groups in total. The third kappa shape index (κ3) is 4.20. The van der Waals surface area contributed by atoms with Gasteiger partial charge in [0, 0.05) is 12.6 Å². The van der Waals surface area contributed by atoms with Crippen molar-refractivity contribution in [2.24, 2.45) is 0 Å². The number of rotatable bonds is 5. The van der Waals surface area contributed by atoms with E-state index >= 15 is 0 Å². The Bertz CT molecular complexity index is 550. The van der Waals surface area contributed by atoms with Gasteiger partial charge < -0.3 is 20.1 Å². The molecular weight excluding hydrogens is 304 g/mol. The summed E-state index contributed by atoms with van der Waals surface area (Å²) in [5.74, 6) is 0.774. The third-order valence-electron chi connectivity index (χ3n) is 5.17. The lowest BCUT2D eigenvalue weighted by Crippen LogP contribution is -2.50. The molecule has 5 heteroatoms. The highest BCUT2D eigenvalue weighted by atomic mass is 16.5. The first-order valence-corrected chi connectivity index (χ1v) is 9.01. The SMILES string of the molecule is COc1ccccc1NCC(=O)N[C@@H]1CCOC2(CCCCC2)C1. The first-order valence-electron chi connectivity index (χ1n) is 9.01. The topological polar surface area (TPSA) is 59.6 Å². The lowest BCUT2D eigenvalue weighted by atomic mass is 9.78. The summed E-state index contributed by atoms with van der Waals surface area (Å²) >= 11 is 0. The molecule has 2 fully saturated rings. The van der Waals surface area contributed by atoms with Crippen molar-refractivity contribution in [1.82, 2.24) is 5.32 Å². The Labute approximate surface area is 144 Å². The fraction of sp³-hybridized carbons (Fsp3) is 0.632. The van der Waals surface area contributed by atoms with E-state index in [1.165, 1.54) is 19.3 Å². The Hall–Kier alpha value is -1.75. The lowest BCUT2D eigenvalue weighted by Gasteiger charge is -2.43. The van der Waals surface area contributed by atoms with Gasteiger partial charge in [0.15, 0.2) is 0 Å². The van der Waals surface area contributed by atoms with Crippen molar-refractivity contribution in [1.29, 1.82) is 0 Å². The lowest BCUT2D eigenvalue weighted by molar-refractivity contribution is -0.127. The number of benzene rings is 1. The van der Waals surface area contributed by atoms with Gasteiger partial charge in [-0.3, -0.25) is 4.79 Å². The minimum Gasteiger partial charge on any atom is -0.495 e. The maximum atomic E-state index is 12.3. The standard InChI is InChI=1S/C19H28N2O3/c1-23-17-8-4-3-7-16(17)20-14-18(22)21-15-9-12-24-19(13-15)10-5-2-6-11-19/h3-4,7-8,15,20H,2,5-6,9-14H2,1H3,(H,21,22)/t15-/m1/s1. The molecule has 1 atom stereocenters. The van der Waals surface area contributed by atoms with Crippen LogP contribution in [0.2, 0.25) is 0 Å². The molecule has 0 aromatic heterocycles. The molecule has 0 radical (unpaired) electrons. The van der Waals surface area contributed by atoms with E-state index in [1.807, 2.05) is 24.3 Å². The van der Waals surface area contributed by atoms with Crippen molar-refractivity contribution in [3.63, 3.8) is 0 Å². The minimum absolute atomic E-state index is 0.0184. The number of anilines is 1. The van der Waals surface area contributed by atoms with E-state index in [0.717, 1.165) is 43.7 Å². The number of carbonyl (C=O) groups is 1. The summed E-state index contributed by atoms with van der Waals surface area (Å²) in [6.07, 6.45) is 7.93. The molecule has 1 aliphatic carbocycles. The van der Waals surface area contributed by atoms with E-state index in [0.29, 0.717) is 0 Å². The van der Waals surface area contributed by atoms with Gasteiger partial charge in [-0.25, -0.2) is 0 Å².